The van der Waals surface area contributed by atoms with Gasteiger partial charge in [0.2, 0.25) is 5.91 Å². The van der Waals surface area contributed by atoms with Crippen LogP contribution in [0.3, 0.4) is 0 Å². The van der Waals surface area contributed by atoms with Crippen LogP contribution in [0.5, 0.6) is 5.75 Å². The third-order valence-corrected chi connectivity index (χ3v) is 4.08. The highest BCUT2D eigenvalue weighted by Gasteiger charge is 2.14. The largest absolute Gasteiger partial charge is 0.496 e. The van der Waals surface area contributed by atoms with Crippen LogP contribution in [0.1, 0.15) is 27.1 Å². The Morgan fingerprint density at radius 2 is 1.71 bits per heavy atom. The zero-order valence-corrected chi connectivity index (χ0v) is 16.2. The first-order chi connectivity index (χ1) is 13.3. The maximum Gasteiger partial charge on any atom is 0.273 e. The standard InChI is InChI=1S/C18H16Cl2FN3O4/c1-28-15-8-10(19)2-4-13(15)18(27)24-23-16(25)6-7-22-17(26)12-5-3-11(21)9-14(12)20/h2-5,8-9H,6-7H2,1H3,(H,22,26)(H,23,25)(H,24,27). The van der Waals surface area contributed by atoms with Crippen molar-refractivity contribution >= 4 is 40.9 Å². The molecular weight excluding hydrogens is 412 g/mol. The molecule has 0 unspecified atom stereocenters. The van der Waals surface area contributed by atoms with Gasteiger partial charge in [0.15, 0.2) is 0 Å². The number of hydrazine groups is 1. The maximum absolute atomic E-state index is 13.0. The van der Waals surface area contributed by atoms with Crippen LogP contribution >= 0.6 is 23.2 Å². The normalized spacial score (nSPS) is 10.1. The molecule has 3 amide bonds. The molecule has 2 aromatic rings. The molecule has 0 aliphatic rings. The van der Waals surface area contributed by atoms with Gasteiger partial charge in [-0.15, -0.1) is 0 Å². The minimum atomic E-state index is -0.594. The number of methoxy groups -OCH3 is 1. The summed E-state index contributed by atoms with van der Waals surface area (Å²) in [6, 6.07) is 7.80. The van der Waals surface area contributed by atoms with Gasteiger partial charge < -0.3 is 10.1 Å². The van der Waals surface area contributed by atoms with Crippen molar-refractivity contribution in [2.75, 3.05) is 13.7 Å². The van der Waals surface area contributed by atoms with Crippen LogP contribution in [0, 0.1) is 5.82 Å². The van der Waals surface area contributed by atoms with Crippen LogP contribution in [0.4, 0.5) is 4.39 Å². The van der Waals surface area contributed by atoms with Gasteiger partial charge >= 0.3 is 0 Å². The van der Waals surface area contributed by atoms with E-state index in [9.17, 15) is 18.8 Å². The topological polar surface area (TPSA) is 96.5 Å². The summed E-state index contributed by atoms with van der Waals surface area (Å²) >= 11 is 11.6. The van der Waals surface area contributed by atoms with Gasteiger partial charge in [0.1, 0.15) is 11.6 Å². The molecule has 0 saturated heterocycles. The number of carbonyl (C=O) groups excluding carboxylic acids is 3. The van der Waals surface area contributed by atoms with Gasteiger partial charge in [-0.05, 0) is 36.4 Å². The maximum atomic E-state index is 13.0. The lowest BCUT2D eigenvalue weighted by Crippen LogP contribution is -2.42. The molecule has 7 nitrogen and oxygen atoms in total. The predicted molar refractivity (Wildman–Crippen MR) is 102 cm³/mol. The Bertz CT molecular complexity index is 908. The molecule has 0 aliphatic carbocycles. The molecule has 28 heavy (non-hydrogen) atoms. The lowest BCUT2D eigenvalue weighted by molar-refractivity contribution is -0.121. The average molecular weight is 428 g/mol. The Balaban J connectivity index is 1.80. The van der Waals surface area contributed by atoms with Crippen LogP contribution in [-0.2, 0) is 4.79 Å². The molecule has 3 N–H and O–H groups in total. The van der Waals surface area contributed by atoms with E-state index in [2.05, 4.69) is 16.2 Å². The highest BCUT2D eigenvalue weighted by atomic mass is 35.5. The average Bonchev–Trinajstić information content (AvgIpc) is 2.65. The quantitative estimate of drug-likeness (QED) is 0.617. The number of benzene rings is 2. The summed E-state index contributed by atoms with van der Waals surface area (Å²) in [4.78, 5) is 35.9. The van der Waals surface area contributed by atoms with Crippen molar-refractivity contribution in [2.45, 2.75) is 6.42 Å². The van der Waals surface area contributed by atoms with E-state index in [-0.39, 0.29) is 34.9 Å². The van der Waals surface area contributed by atoms with E-state index in [1.807, 2.05) is 0 Å². The monoisotopic (exact) mass is 427 g/mol. The Hall–Kier alpha value is -2.84. The molecule has 0 radical (unpaired) electrons. The van der Waals surface area contributed by atoms with Gasteiger partial charge in [-0.25, -0.2) is 4.39 Å². The van der Waals surface area contributed by atoms with Crippen molar-refractivity contribution in [1.82, 2.24) is 16.2 Å². The highest BCUT2D eigenvalue weighted by molar-refractivity contribution is 6.33. The van der Waals surface area contributed by atoms with Gasteiger partial charge in [-0.3, -0.25) is 25.2 Å². The zero-order valence-electron chi connectivity index (χ0n) is 14.6. The number of nitrogens with one attached hydrogen (secondary N) is 3. The van der Waals surface area contributed by atoms with E-state index in [0.29, 0.717) is 5.02 Å². The molecule has 0 aromatic heterocycles. The second kappa shape index (κ2) is 9.91. The van der Waals surface area contributed by atoms with Gasteiger partial charge in [-0.1, -0.05) is 23.2 Å². The van der Waals surface area contributed by atoms with E-state index in [1.165, 1.54) is 31.4 Å². The van der Waals surface area contributed by atoms with Crippen molar-refractivity contribution in [1.29, 1.82) is 0 Å². The van der Waals surface area contributed by atoms with Crippen molar-refractivity contribution < 1.29 is 23.5 Å². The number of carbonyl (C=O) groups is 3. The number of halogens is 3. The molecule has 2 rings (SSSR count). The van der Waals surface area contributed by atoms with Crippen molar-refractivity contribution in [3.05, 3.63) is 63.4 Å². The molecule has 2 aromatic carbocycles. The zero-order chi connectivity index (χ0) is 20.7. The molecule has 148 valence electrons. The number of rotatable bonds is 6. The minimum Gasteiger partial charge on any atom is -0.496 e. The first kappa shape index (κ1) is 21.5. The molecule has 0 atom stereocenters. The van der Waals surface area contributed by atoms with Crippen molar-refractivity contribution in [3.8, 4) is 5.75 Å². The van der Waals surface area contributed by atoms with Crippen LogP contribution in [0.15, 0.2) is 36.4 Å². The molecule has 0 fully saturated rings. The molecule has 10 heteroatoms. The van der Waals surface area contributed by atoms with Crippen LogP contribution in [0.2, 0.25) is 10.0 Å². The van der Waals surface area contributed by atoms with E-state index in [4.69, 9.17) is 27.9 Å². The fraction of sp³-hybridized carbons (Fsp3) is 0.167. The summed E-state index contributed by atoms with van der Waals surface area (Å²) in [6.07, 6.45) is -0.109. The summed E-state index contributed by atoms with van der Waals surface area (Å²) in [7, 11) is 1.39. The highest BCUT2D eigenvalue weighted by Crippen LogP contribution is 2.22. The number of amides is 3. The first-order valence-corrected chi connectivity index (χ1v) is 8.73. The fourth-order valence-corrected chi connectivity index (χ4v) is 2.58. The SMILES string of the molecule is COc1cc(Cl)ccc1C(=O)NNC(=O)CCNC(=O)c1ccc(F)cc1Cl. The molecular formula is C18H16Cl2FN3O4. The van der Waals surface area contributed by atoms with Gasteiger partial charge in [0.25, 0.3) is 11.8 Å². The van der Waals surface area contributed by atoms with Crippen LogP contribution < -0.4 is 20.9 Å². The first-order valence-electron chi connectivity index (χ1n) is 7.97. The Morgan fingerprint density at radius 3 is 2.39 bits per heavy atom. The third kappa shape index (κ3) is 5.83. The second-order valence-electron chi connectivity index (χ2n) is 5.48. The molecule has 0 bridgehead atoms. The molecule has 0 spiro atoms. The summed E-state index contributed by atoms with van der Waals surface area (Å²) < 4.78 is 18.1. The van der Waals surface area contributed by atoms with Gasteiger partial charge in [-0.2, -0.15) is 0 Å². The van der Waals surface area contributed by atoms with E-state index in [1.54, 1.807) is 0 Å². The lowest BCUT2D eigenvalue weighted by Gasteiger charge is -2.11. The molecule has 0 heterocycles. The smallest absolute Gasteiger partial charge is 0.273 e. The van der Waals surface area contributed by atoms with E-state index in [0.717, 1.165) is 12.1 Å². The third-order valence-electron chi connectivity index (χ3n) is 3.54. The Morgan fingerprint density at radius 1 is 1.00 bits per heavy atom. The number of ether oxygens (including phenoxy) is 1. The lowest BCUT2D eigenvalue weighted by atomic mass is 10.2. The van der Waals surface area contributed by atoms with E-state index >= 15 is 0 Å². The summed E-state index contributed by atoms with van der Waals surface area (Å²) in [6.45, 7) is -0.0154. The van der Waals surface area contributed by atoms with Crippen molar-refractivity contribution in [3.63, 3.8) is 0 Å². The van der Waals surface area contributed by atoms with E-state index < -0.39 is 23.5 Å². The van der Waals surface area contributed by atoms with Gasteiger partial charge in [0.05, 0.1) is 23.3 Å². The molecule has 0 saturated carbocycles. The fourth-order valence-electron chi connectivity index (χ4n) is 2.17. The van der Waals surface area contributed by atoms with Crippen molar-refractivity contribution in [2.24, 2.45) is 0 Å². The second-order valence-corrected chi connectivity index (χ2v) is 6.32. The van der Waals surface area contributed by atoms with Gasteiger partial charge in [0, 0.05) is 18.0 Å². The van der Waals surface area contributed by atoms with Crippen LogP contribution in [-0.4, -0.2) is 31.4 Å². The number of hydrogen-bond donors (Lipinski definition) is 3. The summed E-state index contributed by atoms with van der Waals surface area (Å²) in [5.41, 5.74) is 4.74. The Kier molecular flexibility index (Phi) is 7.60. The molecule has 0 aliphatic heterocycles. The summed E-state index contributed by atoms with van der Waals surface area (Å²) in [5.74, 6) is -1.99. The van der Waals surface area contributed by atoms with Crippen LogP contribution in [0.25, 0.3) is 0 Å². The number of hydrogen-bond acceptors (Lipinski definition) is 4. The predicted octanol–water partition coefficient (Wildman–Crippen LogP) is 2.72. The Labute approximate surface area is 170 Å². The summed E-state index contributed by atoms with van der Waals surface area (Å²) in [5, 5.41) is 2.84. The minimum absolute atomic E-state index is 0.0154.